The Morgan fingerprint density at radius 3 is 2.90 bits per heavy atom. The maximum Gasteiger partial charge on any atom is 0.273 e. The first-order valence-electron chi connectivity index (χ1n) is 6.92. The summed E-state index contributed by atoms with van der Waals surface area (Å²) >= 11 is 1.45. The summed E-state index contributed by atoms with van der Waals surface area (Å²) in [4.78, 5) is 32.1. The van der Waals surface area contributed by atoms with Crippen LogP contribution in [0.5, 0.6) is 0 Å². The van der Waals surface area contributed by atoms with Crippen LogP contribution in [0.15, 0.2) is 5.38 Å². The molecule has 1 aliphatic carbocycles. The molecule has 1 saturated carbocycles. The second-order valence-electron chi connectivity index (χ2n) is 5.21. The Kier molecular flexibility index (Phi) is 3.71. The average molecular weight is 294 g/mol. The molecule has 1 saturated heterocycles. The van der Waals surface area contributed by atoms with Gasteiger partial charge < -0.3 is 15.5 Å². The van der Waals surface area contributed by atoms with E-state index in [4.69, 9.17) is 5.73 Å². The molecule has 20 heavy (non-hydrogen) atoms. The van der Waals surface area contributed by atoms with Crippen LogP contribution in [0, 0.1) is 0 Å². The predicted octanol–water partition coefficient (Wildman–Crippen LogP) is 0.0911. The normalized spacial score (nSPS) is 19.6. The van der Waals surface area contributed by atoms with Crippen molar-refractivity contribution < 1.29 is 9.59 Å². The number of hydrogen-bond acceptors (Lipinski definition) is 5. The lowest BCUT2D eigenvalue weighted by Crippen LogP contribution is -2.52. The quantitative estimate of drug-likeness (QED) is 0.853. The van der Waals surface area contributed by atoms with E-state index in [-0.39, 0.29) is 18.4 Å². The highest BCUT2D eigenvalue weighted by molar-refractivity contribution is 7.09. The third-order valence-corrected chi connectivity index (χ3v) is 4.57. The minimum absolute atomic E-state index is 0.0597. The Morgan fingerprint density at radius 2 is 2.25 bits per heavy atom. The van der Waals surface area contributed by atoms with Gasteiger partial charge in [0.15, 0.2) is 0 Å². The van der Waals surface area contributed by atoms with Crippen LogP contribution in [0.3, 0.4) is 0 Å². The second kappa shape index (κ2) is 5.49. The molecule has 108 valence electrons. The van der Waals surface area contributed by atoms with Crippen LogP contribution in [0.1, 0.15) is 28.3 Å². The van der Waals surface area contributed by atoms with E-state index in [0.29, 0.717) is 37.8 Å². The number of amides is 2. The lowest BCUT2D eigenvalue weighted by Gasteiger charge is -2.34. The molecular weight excluding hydrogens is 276 g/mol. The lowest BCUT2D eigenvalue weighted by atomic mass is 10.2. The summed E-state index contributed by atoms with van der Waals surface area (Å²) in [6, 6.07) is 0.426. The molecule has 0 atom stereocenters. The molecule has 1 aliphatic heterocycles. The van der Waals surface area contributed by atoms with Crippen LogP contribution < -0.4 is 5.73 Å². The highest BCUT2D eigenvalue weighted by Crippen LogP contribution is 2.28. The fourth-order valence-electron chi connectivity index (χ4n) is 2.44. The number of aromatic nitrogens is 1. The molecule has 0 radical (unpaired) electrons. The molecule has 3 rings (SSSR count). The fourth-order valence-corrected chi connectivity index (χ4v) is 3.23. The summed E-state index contributed by atoms with van der Waals surface area (Å²) in [5, 5.41) is 2.63. The van der Waals surface area contributed by atoms with E-state index in [0.717, 1.165) is 17.8 Å². The van der Waals surface area contributed by atoms with Crippen LogP contribution in [0.2, 0.25) is 0 Å². The van der Waals surface area contributed by atoms with Crippen molar-refractivity contribution in [1.82, 2.24) is 14.8 Å². The van der Waals surface area contributed by atoms with Gasteiger partial charge in [-0.1, -0.05) is 0 Å². The largest absolute Gasteiger partial charge is 0.336 e. The summed E-state index contributed by atoms with van der Waals surface area (Å²) in [7, 11) is 0. The van der Waals surface area contributed by atoms with Crippen molar-refractivity contribution in [2.75, 3.05) is 26.2 Å². The van der Waals surface area contributed by atoms with Crippen molar-refractivity contribution >= 4 is 23.2 Å². The van der Waals surface area contributed by atoms with E-state index >= 15 is 0 Å². The zero-order valence-corrected chi connectivity index (χ0v) is 12.1. The average Bonchev–Trinajstić information content (AvgIpc) is 3.17. The third kappa shape index (κ3) is 2.69. The molecule has 0 spiro atoms. The molecule has 2 aliphatic rings. The van der Waals surface area contributed by atoms with Crippen molar-refractivity contribution in [3.05, 3.63) is 16.1 Å². The fraction of sp³-hybridized carbons (Fsp3) is 0.615. The molecule has 2 N–H and O–H groups in total. The zero-order chi connectivity index (χ0) is 14.1. The standard InChI is InChI=1S/C13H18N4O2S/c14-4-3-11-15-10(8-20-11)13(19)16-5-6-17(9-1-2-9)12(18)7-16/h8-9H,1-7,14H2. The second-order valence-corrected chi connectivity index (χ2v) is 6.15. The smallest absolute Gasteiger partial charge is 0.273 e. The molecule has 6 nitrogen and oxygen atoms in total. The number of rotatable bonds is 4. The number of thiazole rings is 1. The van der Waals surface area contributed by atoms with Gasteiger partial charge in [-0.15, -0.1) is 11.3 Å². The highest BCUT2D eigenvalue weighted by atomic mass is 32.1. The highest BCUT2D eigenvalue weighted by Gasteiger charge is 2.37. The van der Waals surface area contributed by atoms with Gasteiger partial charge in [-0.05, 0) is 19.4 Å². The van der Waals surface area contributed by atoms with Gasteiger partial charge in [0.1, 0.15) is 12.2 Å². The van der Waals surface area contributed by atoms with Gasteiger partial charge >= 0.3 is 0 Å². The zero-order valence-electron chi connectivity index (χ0n) is 11.2. The summed E-state index contributed by atoms with van der Waals surface area (Å²) in [6.07, 6.45) is 2.90. The van der Waals surface area contributed by atoms with E-state index in [1.165, 1.54) is 11.3 Å². The Labute approximate surface area is 121 Å². The number of carbonyl (C=O) groups is 2. The first-order chi connectivity index (χ1) is 9.69. The third-order valence-electron chi connectivity index (χ3n) is 3.66. The van der Waals surface area contributed by atoms with E-state index in [1.54, 1.807) is 10.3 Å². The molecular formula is C13H18N4O2S. The Hall–Kier alpha value is -1.47. The van der Waals surface area contributed by atoms with Crippen LogP contribution in [0.4, 0.5) is 0 Å². The van der Waals surface area contributed by atoms with Crippen molar-refractivity contribution in [3.63, 3.8) is 0 Å². The van der Waals surface area contributed by atoms with E-state index in [1.807, 2.05) is 4.90 Å². The Bertz CT molecular complexity index is 526. The maximum absolute atomic E-state index is 12.3. The van der Waals surface area contributed by atoms with E-state index in [9.17, 15) is 9.59 Å². The number of carbonyl (C=O) groups excluding carboxylic acids is 2. The molecule has 0 bridgehead atoms. The Balaban J connectivity index is 1.63. The monoisotopic (exact) mass is 294 g/mol. The first kappa shape index (κ1) is 13.5. The molecule has 7 heteroatoms. The SMILES string of the molecule is NCCc1nc(C(=O)N2CCN(C3CC3)C(=O)C2)cs1. The summed E-state index contributed by atoms with van der Waals surface area (Å²) < 4.78 is 0. The van der Waals surface area contributed by atoms with Gasteiger partial charge in [-0.3, -0.25) is 9.59 Å². The van der Waals surface area contributed by atoms with Crippen molar-refractivity contribution in [2.45, 2.75) is 25.3 Å². The van der Waals surface area contributed by atoms with Gasteiger partial charge in [-0.2, -0.15) is 0 Å². The van der Waals surface area contributed by atoms with Crippen LogP contribution >= 0.6 is 11.3 Å². The van der Waals surface area contributed by atoms with Gasteiger partial charge in [0, 0.05) is 30.9 Å². The van der Waals surface area contributed by atoms with Gasteiger partial charge in [-0.25, -0.2) is 4.98 Å². The summed E-state index contributed by atoms with van der Waals surface area (Å²) in [6.45, 7) is 1.96. The number of piperazine rings is 1. The number of nitrogens with two attached hydrogens (primary N) is 1. The molecule has 1 aromatic heterocycles. The minimum Gasteiger partial charge on any atom is -0.336 e. The molecule has 2 fully saturated rings. The first-order valence-corrected chi connectivity index (χ1v) is 7.80. The molecule has 2 amide bonds. The molecule has 1 aromatic rings. The summed E-state index contributed by atoms with van der Waals surface area (Å²) in [5.41, 5.74) is 5.91. The van der Waals surface area contributed by atoms with Gasteiger partial charge in [0.05, 0.1) is 5.01 Å². The summed E-state index contributed by atoms with van der Waals surface area (Å²) in [5.74, 6) is -0.0853. The Morgan fingerprint density at radius 1 is 1.45 bits per heavy atom. The van der Waals surface area contributed by atoms with Crippen LogP contribution in [-0.4, -0.2) is 58.8 Å². The van der Waals surface area contributed by atoms with Crippen LogP contribution in [0.25, 0.3) is 0 Å². The maximum atomic E-state index is 12.3. The topological polar surface area (TPSA) is 79.5 Å². The molecule has 0 unspecified atom stereocenters. The van der Waals surface area contributed by atoms with E-state index < -0.39 is 0 Å². The van der Waals surface area contributed by atoms with Crippen molar-refractivity contribution in [1.29, 1.82) is 0 Å². The minimum atomic E-state index is -0.145. The van der Waals surface area contributed by atoms with E-state index in [2.05, 4.69) is 4.98 Å². The lowest BCUT2D eigenvalue weighted by molar-refractivity contribution is -0.135. The number of nitrogens with zero attached hydrogens (tertiary/aromatic N) is 3. The molecule has 2 heterocycles. The van der Waals surface area contributed by atoms with Gasteiger partial charge in [0.2, 0.25) is 5.91 Å². The van der Waals surface area contributed by atoms with Crippen molar-refractivity contribution in [2.24, 2.45) is 5.73 Å². The van der Waals surface area contributed by atoms with Crippen LogP contribution in [-0.2, 0) is 11.2 Å². The molecule has 0 aromatic carbocycles. The van der Waals surface area contributed by atoms with Crippen molar-refractivity contribution in [3.8, 4) is 0 Å². The van der Waals surface area contributed by atoms with Gasteiger partial charge in [0.25, 0.3) is 5.91 Å². The predicted molar refractivity (Wildman–Crippen MR) is 75.5 cm³/mol. The number of hydrogen-bond donors (Lipinski definition) is 1.